The van der Waals surface area contributed by atoms with E-state index < -0.39 is 0 Å². The van der Waals surface area contributed by atoms with Crippen molar-refractivity contribution in [2.24, 2.45) is 0 Å². The zero-order chi connectivity index (χ0) is 14.1. The molecule has 1 aromatic heterocycles. The molecular weight excluding hydrogens is 276 g/mol. The van der Waals surface area contributed by atoms with Crippen molar-refractivity contribution in [2.45, 2.75) is 25.8 Å². The number of hydrogen-bond donors (Lipinski definition) is 1. The number of rotatable bonds is 2. The van der Waals surface area contributed by atoms with Crippen LogP contribution in [0.25, 0.3) is 0 Å². The number of amides is 1. The summed E-state index contributed by atoms with van der Waals surface area (Å²) < 4.78 is 5.37. The number of carbonyl (C=O) groups excluding carboxylic acids is 1. The average Bonchev–Trinajstić information content (AvgIpc) is 3.07. The molecule has 3 rings (SSSR count). The van der Waals surface area contributed by atoms with Crippen LogP contribution in [0.3, 0.4) is 0 Å². The number of nitrogen functional groups attached to an aromatic ring is 1. The highest BCUT2D eigenvalue weighted by atomic mass is 32.1. The van der Waals surface area contributed by atoms with Gasteiger partial charge in [0.2, 0.25) is 0 Å². The summed E-state index contributed by atoms with van der Waals surface area (Å²) in [5.41, 5.74) is 5.96. The number of nitrogens with zero attached hydrogens (tertiary/aromatic N) is 3. The Morgan fingerprint density at radius 3 is 2.85 bits per heavy atom. The Morgan fingerprint density at radius 2 is 2.15 bits per heavy atom. The van der Waals surface area contributed by atoms with E-state index in [0.29, 0.717) is 30.5 Å². The van der Waals surface area contributed by atoms with Crippen molar-refractivity contribution in [1.82, 2.24) is 9.88 Å². The molecule has 0 aromatic carbocycles. The van der Waals surface area contributed by atoms with E-state index in [0.717, 1.165) is 18.2 Å². The molecule has 1 unspecified atom stereocenters. The molecular formula is C13H20N4O2S. The minimum Gasteiger partial charge on any atom is -0.382 e. The van der Waals surface area contributed by atoms with E-state index >= 15 is 0 Å². The molecule has 0 radical (unpaired) electrons. The number of thiazole rings is 1. The molecule has 1 atom stereocenters. The number of aromatic nitrogens is 1. The zero-order valence-electron chi connectivity index (χ0n) is 11.7. The molecule has 0 aliphatic carbocycles. The summed E-state index contributed by atoms with van der Waals surface area (Å²) in [6.45, 7) is 5.81. The van der Waals surface area contributed by atoms with Gasteiger partial charge in [0.1, 0.15) is 10.7 Å². The third-order valence-corrected chi connectivity index (χ3v) is 4.96. The van der Waals surface area contributed by atoms with Crippen LogP contribution < -0.4 is 10.6 Å². The second-order valence-electron chi connectivity index (χ2n) is 5.33. The number of ether oxygens (including phenoxy) is 1. The fraction of sp³-hybridized carbons (Fsp3) is 0.692. The maximum absolute atomic E-state index is 12.6. The first-order valence-corrected chi connectivity index (χ1v) is 7.88. The van der Waals surface area contributed by atoms with Crippen LogP contribution in [0.4, 0.5) is 10.9 Å². The number of carbonyl (C=O) groups is 1. The van der Waals surface area contributed by atoms with Gasteiger partial charge in [-0.1, -0.05) is 11.3 Å². The van der Waals surface area contributed by atoms with E-state index in [1.807, 2.05) is 11.8 Å². The van der Waals surface area contributed by atoms with Crippen LogP contribution in [0.1, 0.15) is 29.4 Å². The van der Waals surface area contributed by atoms with E-state index in [9.17, 15) is 4.79 Å². The minimum absolute atomic E-state index is 0.0127. The van der Waals surface area contributed by atoms with Crippen molar-refractivity contribution >= 4 is 28.2 Å². The molecule has 2 saturated heterocycles. The number of anilines is 2. The van der Waals surface area contributed by atoms with Crippen molar-refractivity contribution in [3.05, 3.63) is 4.88 Å². The van der Waals surface area contributed by atoms with E-state index in [1.54, 1.807) is 0 Å². The lowest BCUT2D eigenvalue weighted by Gasteiger charge is -2.32. The first kappa shape index (κ1) is 13.6. The lowest BCUT2D eigenvalue weighted by molar-refractivity contribution is 0.00391. The first-order chi connectivity index (χ1) is 9.66. The predicted molar refractivity (Wildman–Crippen MR) is 79.3 cm³/mol. The summed E-state index contributed by atoms with van der Waals surface area (Å²) >= 11 is 1.42. The predicted octanol–water partition coefficient (Wildman–Crippen LogP) is 1.19. The molecule has 110 valence electrons. The Kier molecular flexibility index (Phi) is 3.80. The molecule has 0 saturated carbocycles. The van der Waals surface area contributed by atoms with Crippen LogP contribution >= 0.6 is 11.3 Å². The van der Waals surface area contributed by atoms with Crippen molar-refractivity contribution in [2.75, 3.05) is 43.5 Å². The van der Waals surface area contributed by atoms with Crippen LogP contribution in [0, 0.1) is 0 Å². The van der Waals surface area contributed by atoms with E-state index in [4.69, 9.17) is 10.5 Å². The summed E-state index contributed by atoms with van der Waals surface area (Å²) in [6.07, 6.45) is 2.37. The zero-order valence-corrected chi connectivity index (χ0v) is 12.5. The largest absolute Gasteiger partial charge is 0.382 e. The lowest BCUT2D eigenvalue weighted by atomic mass is 10.2. The quantitative estimate of drug-likeness (QED) is 0.887. The Hall–Kier alpha value is -1.34. The smallest absolute Gasteiger partial charge is 0.268 e. The first-order valence-electron chi connectivity index (χ1n) is 7.07. The van der Waals surface area contributed by atoms with Crippen LogP contribution in [0.2, 0.25) is 0 Å². The maximum Gasteiger partial charge on any atom is 0.268 e. The molecule has 2 aliphatic heterocycles. The monoisotopic (exact) mass is 296 g/mol. The Labute approximate surface area is 122 Å². The highest BCUT2D eigenvalue weighted by Gasteiger charge is 2.29. The van der Waals surface area contributed by atoms with Gasteiger partial charge in [-0.15, -0.1) is 0 Å². The van der Waals surface area contributed by atoms with Gasteiger partial charge in [0.05, 0.1) is 19.3 Å². The second kappa shape index (κ2) is 5.57. The van der Waals surface area contributed by atoms with E-state index in [1.165, 1.54) is 24.2 Å². The van der Waals surface area contributed by atoms with Gasteiger partial charge in [-0.25, -0.2) is 4.98 Å². The SMILES string of the molecule is CC1COCCN1C(=O)c1sc(N2CCCC2)nc1N. The van der Waals surface area contributed by atoms with Gasteiger partial charge < -0.3 is 20.3 Å². The second-order valence-corrected chi connectivity index (χ2v) is 6.30. The molecule has 0 bridgehead atoms. The molecule has 20 heavy (non-hydrogen) atoms. The third kappa shape index (κ3) is 2.47. The van der Waals surface area contributed by atoms with Crippen molar-refractivity contribution in [3.8, 4) is 0 Å². The van der Waals surface area contributed by atoms with Crippen LogP contribution in [-0.4, -0.2) is 54.7 Å². The van der Waals surface area contributed by atoms with Crippen molar-refractivity contribution in [3.63, 3.8) is 0 Å². The normalized spacial score (nSPS) is 23.4. The number of hydrogen-bond acceptors (Lipinski definition) is 6. The molecule has 2 aliphatic rings. The molecule has 3 heterocycles. The number of morpholine rings is 1. The topological polar surface area (TPSA) is 71.7 Å². The van der Waals surface area contributed by atoms with Gasteiger partial charge in [0, 0.05) is 19.6 Å². The van der Waals surface area contributed by atoms with Crippen molar-refractivity contribution < 1.29 is 9.53 Å². The highest BCUT2D eigenvalue weighted by molar-refractivity contribution is 7.18. The van der Waals surface area contributed by atoms with Gasteiger partial charge in [0.15, 0.2) is 5.13 Å². The van der Waals surface area contributed by atoms with Gasteiger partial charge in [-0.3, -0.25) is 4.79 Å². The lowest BCUT2D eigenvalue weighted by Crippen LogP contribution is -2.47. The molecule has 2 fully saturated rings. The standard InChI is InChI=1S/C13H20N4O2S/c1-9-8-19-7-6-17(9)12(18)10-11(14)15-13(20-10)16-4-2-3-5-16/h9H,2-8,14H2,1H3. The highest BCUT2D eigenvalue weighted by Crippen LogP contribution is 2.31. The maximum atomic E-state index is 12.6. The number of nitrogens with two attached hydrogens (primary N) is 1. The molecule has 7 heteroatoms. The van der Waals surface area contributed by atoms with Crippen LogP contribution in [0.5, 0.6) is 0 Å². The van der Waals surface area contributed by atoms with Gasteiger partial charge in [-0.05, 0) is 19.8 Å². The Bertz CT molecular complexity index is 499. The summed E-state index contributed by atoms with van der Waals surface area (Å²) in [7, 11) is 0. The van der Waals surface area contributed by atoms with Gasteiger partial charge in [0.25, 0.3) is 5.91 Å². The Balaban J connectivity index is 1.80. The van der Waals surface area contributed by atoms with Crippen LogP contribution in [0.15, 0.2) is 0 Å². The van der Waals surface area contributed by atoms with Gasteiger partial charge >= 0.3 is 0 Å². The molecule has 6 nitrogen and oxygen atoms in total. The summed E-state index contributed by atoms with van der Waals surface area (Å²) in [5.74, 6) is 0.349. The Morgan fingerprint density at radius 1 is 1.40 bits per heavy atom. The molecule has 0 spiro atoms. The van der Waals surface area contributed by atoms with E-state index in [-0.39, 0.29) is 11.9 Å². The fourth-order valence-electron chi connectivity index (χ4n) is 2.68. The molecule has 1 aromatic rings. The average molecular weight is 296 g/mol. The third-order valence-electron chi connectivity index (χ3n) is 3.84. The summed E-state index contributed by atoms with van der Waals surface area (Å²) in [6, 6.07) is 0.0907. The summed E-state index contributed by atoms with van der Waals surface area (Å²) in [4.78, 5) is 21.6. The fourth-order valence-corrected chi connectivity index (χ4v) is 3.67. The van der Waals surface area contributed by atoms with E-state index in [2.05, 4.69) is 9.88 Å². The van der Waals surface area contributed by atoms with Crippen LogP contribution in [-0.2, 0) is 4.74 Å². The summed E-state index contributed by atoms with van der Waals surface area (Å²) in [5, 5.41) is 0.879. The minimum atomic E-state index is -0.0127. The molecule has 2 N–H and O–H groups in total. The molecule has 1 amide bonds. The van der Waals surface area contributed by atoms with Gasteiger partial charge in [-0.2, -0.15) is 0 Å². The van der Waals surface area contributed by atoms with Crippen molar-refractivity contribution in [1.29, 1.82) is 0 Å².